The summed E-state index contributed by atoms with van der Waals surface area (Å²) in [7, 11) is 0. The highest BCUT2D eigenvalue weighted by Crippen LogP contribution is 2.20. The Morgan fingerprint density at radius 3 is 1.56 bits per heavy atom. The second-order valence-electron chi connectivity index (χ2n) is 6.44. The highest BCUT2D eigenvalue weighted by Gasteiger charge is 2.07. The lowest BCUT2D eigenvalue weighted by molar-refractivity contribution is -0.146. The van der Waals surface area contributed by atoms with Gasteiger partial charge < -0.3 is 35.6 Å². The fraction of sp³-hybridized carbons (Fsp3) is 0.333. The third kappa shape index (κ3) is 14.0. The number of rotatable bonds is 4. The molecule has 2 aromatic heterocycles. The zero-order valence-corrected chi connectivity index (χ0v) is 18.8. The van der Waals surface area contributed by atoms with Crippen molar-refractivity contribution in [2.24, 2.45) is 0 Å². The second kappa shape index (κ2) is 16.5. The van der Waals surface area contributed by atoms with Gasteiger partial charge in [-0.05, 0) is 51.5 Å². The van der Waals surface area contributed by atoms with E-state index in [1.165, 1.54) is 20.8 Å². The normalized spacial score (nSPS) is 11.8. The van der Waals surface area contributed by atoms with Gasteiger partial charge in [0.1, 0.15) is 29.9 Å². The molecular formula is C21H27N3O10. The topological polar surface area (TPSA) is 242 Å². The first-order chi connectivity index (χ1) is 15.6. The number of carboxylic acid groups (broad SMARTS) is 3. The molecule has 0 amide bonds. The predicted molar refractivity (Wildman–Crippen MR) is 118 cm³/mol. The van der Waals surface area contributed by atoms with Crippen molar-refractivity contribution >= 4 is 17.9 Å². The number of carboxylic acids is 3. The van der Waals surface area contributed by atoms with Crippen molar-refractivity contribution in [3.63, 3.8) is 0 Å². The fourth-order valence-electron chi connectivity index (χ4n) is 1.54. The first kappa shape index (κ1) is 32.1. The maximum absolute atomic E-state index is 11.4. The van der Waals surface area contributed by atoms with Gasteiger partial charge in [-0.15, -0.1) is 0 Å². The Hall–Kier alpha value is -4.12. The van der Waals surface area contributed by atoms with Crippen molar-refractivity contribution in [1.82, 2.24) is 9.97 Å². The zero-order valence-electron chi connectivity index (χ0n) is 18.8. The number of aliphatic hydroxyl groups is 3. The molecule has 0 aromatic carbocycles. The van der Waals surface area contributed by atoms with Crippen LogP contribution in [0.3, 0.4) is 0 Å². The molecule has 0 saturated carbocycles. The molecule has 2 rings (SSSR count). The van der Waals surface area contributed by atoms with E-state index in [4.69, 9.17) is 35.9 Å². The molecule has 0 aliphatic carbocycles. The van der Waals surface area contributed by atoms with Crippen LogP contribution in [0.5, 0.6) is 0 Å². The van der Waals surface area contributed by atoms with Crippen LogP contribution in [0, 0.1) is 18.3 Å². The number of nitrogens with zero attached hydrogens (tertiary/aromatic N) is 2. The van der Waals surface area contributed by atoms with Crippen LogP contribution < -0.4 is 5.56 Å². The van der Waals surface area contributed by atoms with Gasteiger partial charge in [-0.1, -0.05) is 0 Å². The summed E-state index contributed by atoms with van der Waals surface area (Å²) < 4.78 is 0. The maximum Gasteiger partial charge on any atom is 0.332 e. The molecule has 3 unspecified atom stereocenters. The minimum Gasteiger partial charge on any atom is -0.479 e. The van der Waals surface area contributed by atoms with Crippen LogP contribution in [0.25, 0.3) is 11.1 Å². The molecule has 7 N–H and O–H groups in total. The smallest absolute Gasteiger partial charge is 0.332 e. The van der Waals surface area contributed by atoms with Crippen LogP contribution in [0.4, 0.5) is 0 Å². The van der Waals surface area contributed by atoms with Gasteiger partial charge in [0, 0.05) is 23.7 Å². The third-order valence-electron chi connectivity index (χ3n) is 3.42. The van der Waals surface area contributed by atoms with Crippen LogP contribution in [0.15, 0.2) is 35.4 Å². The highest BCUT2D eigenvalue weighted by atomic mass is 16.4. The van der Waals surface area contributed by atoms with Gasteiger partial charge in [0.2, 0.25) is 0 Å². The number of hydrogen-bond donors (Lipinski definition) is 7. The minimum atomic E-state index is -1.23. The molecule has 13 nitrogen and oxygen atoms in total. The Morgan fingerprint density at radius 1 is 0.912 bits per heavy atom. The summed E-state index contributed by atoms with van der Waals surface area (Å²) >= 11 is 0. The largest absolute Gasteiger partial charge is 0.479 e. The van der Waals surface area contributed by atoms with E-state index >= 15 is 0 Å². The van der Waals surface area contributed by atoms with Gasteiger partial charge in [-0.3, -0.25) is 9.78 Å². The van der Waals surface area contributed by atoms with Gasteiger partial charge in [-0.25, -0.2) is 14.4 Å². The average Bonchev–Trinajstić information content (AvgIpc) is 2.75. The van der Waals surface area contributed by atoms with Gasteiger partial charge in [0.05, 0.1) is 0 Å². The Kier molecular flexibility index (Phi) is 15.6. The van der Waals surface area contributed by atoms with Gasteiger partial charge in [0.15, 0.2) is 0 Å². The van der Waals surface area contributed by atoms with E-state index in [2.05, 4.69) is 9.97 Å². The molecular weight excluding hydrogens is 454 g/mol. The SMILES string of the molecule is CC(O)C(=O)O.CC(O)C(=O)O.CC(O)C(=O)O.Cc1[nH]c(=O)c(C#N)cc1-c1ccncc1. The summed E-state index contributed by atoms with van der Waals surface area (Å²) in [6.07, 6.45) is -0.349. The van der Waals surface area contributed by atoms with Crippen molar-refractivity contribution in [2.45, 2.75) is 46.0 Å². The van der Waals surface area contributed by atoms with Crippen molar-refractivity contribution in [2.75, 3.05) is 0 Å². The molecule has 3 atom stereocenters. The number of pyridine rings is 2. The number of nitrogens with one attached hydrogen (secondary N) is 1. The van der Waals surface area contributed by atoms with Crippen molar-refractivity contribution in [3.8, 4) is 17.2 Å². The number of aryl methyl sites for hydroxylation is 1. The minimum absolute atomic E-state index is 0.123. The highest BCUT2D eigenvalue weighted by molar-refractivity contribution is 5.71. The molecule has 2 heterocycles. The monoisotopic (exact) mass is 481 g/mol. The maximum atomic E-state index is 11.4. The summed E-state index contributed by atoms with van der Waals surface area (Å²) in [5.41, 5.74) is 2.30. The van der Waals surface area contributed by atoms with Crippen LogP contribution in [-0.4, -0.2) is 76.8 Å². The molecule has 2 aromatic rings. The number of nitriles is 1. The van der Waals surface area contributed by atoms with Crippen LogP contribution in [0.2, 0.25) is 0 Å². The molecule has 0 radical (unpaired) electrons. The predicted octanol–water partition coefficient (Wildman–Crippen LogP) is -0.0276. The molecule has 34 heavy (non-hydrogen) atoms. The fourth-order valence-corrected chi connectivity index (χ4v) is 1.54. The molecule has 0 aliphatic heterocycles. The Labute approximate surface area is 194 Å². The third-order valence-corrected chi connectivity index (χ3v) is 3.42. The van der Waals surface area contributed by atoms with Gasteiger partial charge >= 0.3 is 17.9 Å². The summed E-state index contributed by atoms with van der Waals surface area (Å²) in [6, 6.07) is 7.14. The number of aliphatic carboxylic acids is 3. The number of aliphatic hydroxyl groups excluding tert-OH is 3. The number of H-pyrrole nitrogens is 1. The van der Waals surface area contributed by atoms with E-state index in [9.17, 15) is 19.2 Å². The number of carbonyl (C=O) groups is 3. The van der Waals surface area contributed by atoms with E-state index in [-0.39, 0.29) is 11.1 Å². The lowest BCUT2D eigenvalue weighted by atomic mass is 10.0. The first-order valence-corrected chi connectivity index (χ1v) is 9.42. The quantitative estimate of drug-likeness (QED) is 0.304. The number of aromatic nitrogens is 2. The van der Waals surface area contributed by atoms with Crippen molar-refractivity contribution < 1.29 is 45.0 Å². The summed E-state index contributed by atoms with van der Waals surface area (Å²) in [4.78, 5) is 46.3. The van der Waals surface area contributed by atoms with Crippen molar-refractivity contribution in [1.29, 1.82) is 5.26 Å². The molecule has 0 bridgehead atoms. The van der Waals surface area contributed by atoms with Crippen LogP contribution >= 0.6 is 0 Å². The van der Waals surface area contributed by atoms with Gasteiger partial charge in [0.25, 0.3) is 5.56 Å². The van der Waals surface area contributed by atoms with E-state index in [0.717, 1.165) is 16.8 Å². The second-order valence-corrected chi connectivity index (χ2v) is 6.44. The Balaban J connectivity index is 0. The van der Waals surface area contributed by atoms with Crippen molar-refractivity contribution in [3.05, 3.63) is 52.2 Å². The average molecular weight is 481 g/mol. The summed E-state index contributed by atoms with van der Waals surface area (Å²) in [6.45, 7) is 5.39. The Bertz CT molecular complexity index is 983. The molecule has 0 fully saturated rings. The lowest BCUT2D eigenvalue weighted by Crippen LogP contribution is -2.13. The summed E-state index contributed by atoms with van der Waals surface area (Å²) in [5, 5.41) is 56.1. The molecule has 13 heteroatoms. The van der Waals surface area contributed by atoms with Crippen LogP contribution in [0.1, 0.15) is 32.0 Å². The number of hydrogen-bond acceptors (Lipinski definition) is 9. The van der Waals surface area contributed by atoms with E-state index < -0.39 is 36.2 Å². The first-order valence-electron chi connectivity index (χ1n) is 9.42. The van der Waals surface area contributed by atoms with E-state index in [0.29, 0.717) is 0 Å². The molecule has 0 aliphatic rings. The summed E-state index contributed by atoms with van der Waals surface area (Å²) in [5.74, 6) is -3.56. The lowest BCUT2D eigenvalue weighted by Gasteiger charge is -2.05. The number of aromatic amines is 1. The Morgan fingerprint density at radius 2 is 1.26 bits per heavy atom. The van der Waals surface area contributed by atoms with Gasteiger partial charge in [-0.2, -0.15) is 5.26 Å². The van der Waals surface area contributed by atoms with E-state index in [1.807, 2.05) is 18.2 Å². The standard InChI is InChI=1S/C12H9N3O.3C3H6O3/c1-8-11(9-2-4-14-5-3-9)6-10(7-13)12(16)15-8;3*1-2(4)3(5)6/h2-6H,1H3,(H,15,16);3*2,4H,1H3,(H,5,6). The zero-order chi connectivity index (χ0) is 27.0. The molecule has 0 saturated heterocycles. The molecule has 0 spiro atoms. The van der Waals surface area contributed by atoms with E-state index in [1.54, 1.807) is 25.4 Å². The molecule has 186 valence electrons. The van der Waals surface area contributed by atoms with Crippen LogP contribution in [-0.2, 0) is 14.4 Å².